The van der Waals surface area contributed by atoms with E-state index in [2.05, 4.69) is 15.5 Å². The maximum atomic E-state index is 13.0. The third-order valence-electron chi connectivity index (χ3n) is 4.36. The van der Waals surface area contributed by atoms with Crippen LogP contribution >= 0.6 is 0 Å². The van der Waals surface area contributed by atoms with Gasteiger partial charge in [-0.2, -0.15) is 18.3 Å². The first-order valence-electron chi connectivity index (χ1n) is 7.98. The first-order chi connectivity index (χ1) is 11.4. The third kappa shape index (κ3) is 3.60. The van der Waals surface area contributed by atoms with Crippen molar-refractivity contribution in [3.63, 3.8) is 0 Å². The van der Waals surface area contributed by atoms with Crippen LogP contribution in [0.2, 0.25) is 0 Å². The fraction of sp³-hybridized carbons (Fsp3) is 0.412. The molecular formula is C17H18F3N3O. The highest BCUT2D eigenvalue weighted by Gasteiger charge is 2.35. The molecule has 1 aliphatic rings. The lowest BCUT2D eigenvalue weighted by molar-refractivity contribution is -0.137. The molecule has 0 bridgehead atoms. The number of H-pyrrole nitrogens is 1. The molecule has 7 heteroatoms. The Morgan fingerprint density at radius 2 is 1.88 bits per heavy atom. The van der Waals surface area contributed by atoms with Gasteiger partial charge in [0, 0.05) is 17.7 Å². The number of anilines is 1. The van der Waals surface area contributed by atoms with Gasteiger partial charge in [-0.3, -0.25) is 9.89 Å². The Labute approximate surface area is 137 Å². The summed E-state index contributed by atoms with van der Waals surface area (Å²) in [5.41, 5.74) is -0.438. The maximum Gasteiger partial charge on any atom is 0.417 e. The van der Waals surface area contributed by atoms with Crippen molar-refractivity contribution < 1.29 is 18.0 Å². The van der Waals surface area contributed by atoms with E-state index in [4.69, 9.17) is 0 Å². The number of carbonyl (C=O) groups is 1. The molecule has 1 heterocycles. The molecule has 24 heavy (non-hydrogen) atoms. The number of alkyl halides is 3. The molecule has 1 aliphatic carbocycles. The number of nitrogens with zero attached hydrogens (tertiary/aromatic N) is 1. The third-order valence-corrected chi connectivity index (χ3v) is 4.36. The average Bonchev–Trinajstić information content (AvgIpc) is 3.03. The summed E-state index contributed by atoms with van der Waals surface area (Å²) in [4.78, 5) is 12.2. The average molecular weight is 337 g/mol. The quantitative estimate of drug-likeness (QED) is 0.851. The topological polar surface area (TPSA) is 57.8 Å². The van der Waals surface area contributed by atoms with Crippen molar-refractivity contribution in [3.05, 3.63) is 47.2 Å². The summed E-state index contributed by atoms with van der Waals surface area (Å²) in [6, 6.07) is 6.43. The summed E-state index contributed by atoms with van der Waals surface area (Å²) in [5, 5.41) is 9.35. The van der Waals surface area contributed by atoms with Crippen molar-refractivity contribution in [2.45, 2.75) is 44.2 Å². The van der Waals surface area contributed by atoms with Gasteiger partial charge in [0.15, 0.2) is 5.82 Å². The molecule has 0 spiro atoms. The zero-order valence-corrected chi connectivity index (χ0v) is 13.0. The molecule has 1 amide bonds. The summed E-state index contributed by atoms with van der Waals surface area (Å²) < 4.78 is 39.0. The van der Waals surface area contributed by atoms with E-state index in [0.717, 1.165) is 43.5 Å². The Morgan fingerprint density at radius 3 is 2.58 bits per heavy atom. The van der Waals surface area contributed by atoms with Gasteiger partial charge in [-0.15, -0.1) is 0 Å². The highest BCUT2D eigenvalue weighted by atomic mass is 19.4. The van der Waals surface area contributed by atoms with Gasteiger partial charge in [0.1, 0.15) is 0 Å². The zero-order chi connectivity index (χ0) is 17.2. The van der Waals surface area contributed by atoms with Gasteiger partial charge in [-0.05, 0) is 25.0 Å². The van der Waals surface area contributed by atoms with E-state index in [1.54, 1.807) is 6.07 Å². The van der Waals surface area contributed by atoms with E-state index in [1.807, 2.05) is 0 Å². The molecule has 1 saturated carbocycles. The molecule has 0 aliphatic heterocycles. The first-order valence-corrected chi connectivity index (χ1v) is 7.98. The van der Waals surface area contributed by atoms with Crippen LogP contribution in [-0.2, 0) is 6.18 Å². The fourth-order valence-corrected chi connectivity index (χ4v) is 3.14. The number of hydrogen-bond donors (Lipinski definition) is 2. The van der Waals surface area contributed by atoms with Crippen LogP contribution in [0, 0.1) is 0 Å². The van der Waals surface area contributed by atoms with E-state index in [-0.39, 0.29) is 5.82 Å². The van der Waals surface area contributed by atoms with Crippen LogP contribution < -0.4 is 5.32 Å². The van der Waals surface area contributed by atoms with Gasteiger partial charge in [0.05, 0.1) is 11.1 Å². The van der Waals surface area contributed by atoms with Gasteiger partial charge in [-0.1, -0.05) is 31.4 Å². The second kappa shape index (κ2) is 6.67. The SMILES string of the molecule is O=C(Nc1cc(C2CCCCC2)[nH]n1)c1ccccc1C(F)(F)F. The molecule has 1 aromatic carbocycles. The number of aromatic amines is 1. The Bertz CT molecular complexity index is 718. The zero-order valence-electron chi connectivity index (χ0n) is 13.0. The lowest BCUT2D eigenvalue weighted by Gasteiger charge is -2.19. The van der Waals surface area contributed by atoms with Gasteiger partial charge < -0.3 is 5.32 Å². The molecule has 2 N–H and O–H groups in total. The fourth-order valence-electron chi connectivity index (χ4n) is 3.14. The molecule has 0 saturated heterocycles. The summed E-state index contributed by atoms with van der Waals surface area (Å²) in [7, 11) is 0. The highest BCUT2D eigenvalue weighted by molar-refractivity contribution is 6.05. The Hall–Kier alpha value is -2.31. The number of amides is 1. The summed E-state index contributed by atoms with van der Waals surface area (Å²) in [6.45, 7) is 0. The molecule has 3 rings (SSSR count). The molecule has 128 valence electrons. The minimum atomic E-state index is -4.58. The summed E-state index contributed by atoms with van der Waals surface area (Å²) in [5.74, 6) is -0.193. The van der Waals surface area contributed by atoms with Crippen molar-refractivity contribution in [1.82, 2.24) is 10.2 Å². The Balaban J connectivity index is 1.75. The predicted octanol–water partition coefficient (Wildman–Crippen LogP) is 4.73. The second-order valence-electron chi connectivity index (χ2n) is 6.04. The number of rotatable bonds is 3. The molecule has 0 unspecified atom stereocenters. The van der Waals surface area contributed by atoms with E-state index in [9.17, 15) is 18.0 Å². The van der Waals surface area contributed by atoms with E-state index < -0.39 is 23.2 Å². The summed E-state index contributed by atoms with van der Waals surface area (Å²) in [6.07, 6.45) is 1.09. The number of carbonyl (C=O) groups excluding carboxylic acids is 1. The van der Waals surface area contributed by atoms with Crippen molar-refractivity contribution in [2.75, 3.05) is 5.32 Å². The van der Waals surface area contributed by atoms with Crippen LogP contribution in [0.3, 0.4) is 0 Å². The lowest BCUT2D eigenvalue weighted by atomic mass is 9.87. The molecular weight excluding hydrogens is 319 g/mol. The Morgan fingerprint density at radius 1 is 1.17 bits per heavy atom. The van der Waals surface area contributed by atoms with Crippen molar-refractivity contribution >= 4 is 11.7 Å². The molecule has 4 nitrogen and oxygen atoms in total. The van der Waals surface area contributed by atoms with Gasteiger partial charge in [0.25, 0.3) is 5.91 Å². The van der Waals surface area contributed by atoms with E-state index >= 15 is 0 Å². The van der Waals surface area contributed by atoms with E-state index in [0.29, 0.717) is 5.92 Å². The van der Waals surface area contributed by atoms with Crippen LogP contribution in [0.15, 0.2) is 30.3 Å². The van der Waals surface area contributed by atoms with Crippen LogP contribution in [0.25, 0.3) is 0 Å². The smallest absolute Gasteiger partial charge is 0.305 e. The minimum absolute atomic E-state index is 0.248. The highest BCUT2D eigenvalue weighted by Crippen LogP contribution is 2.33. The number of hydrogen-bond acceptors (Lipinski definition) is 2. The predicted molar refractivity (Wildman–Crippen MR) is 83.8 cm³/mol. The molecule has 1 aromatic heterocycles. The number of nitrogens with one attached hydrogen (secondary N) is 2. The normalized spacial score (nSPS) is 16.1. The molecule has 0 radical (unpaired) electrons. The number of aromatic nitrogens is 2. The molecule has 1 fully saturated rings. The Kier molecular flexibility index (Phi) is 4.59. The number of halogens is 3. The van der Waals surface area contributed by atoms with E-state index in [1.165, 1.54) is 18.6 Å². The summed E-state index contributed by atoms with van der Waals surface area (Å²) >= 11 is 0. The van der Waals surface area contributed by atoms with Crippen LogP contribution in [0.4, 0.5) is 19.0 Å². The number of benzene rings is 1. The second-order valence-corrected chi connectivity index (χ2v) is 6.04. The van der Waals surface area contributed by atoms with Gasteiger partial charge in [-0.25, -0.2) is 0 Å². The van der Waals surface area contributed by atoms with Crippen LogP contribution in [-0.4, -0.2) is 16.1 Å². The lowest BCUT2D eigenvalue weighted by Crippen LogP contribution is -2.18. The van der Waals surface area contributed by atoms with Crippen molar-refractivity contribution in [1.29, 1.82) is 0 Å². The van der Waals surface area contributed by atoms with Gasteiger partial charge >= 0.3 is 6.18 Å². The van der Waals surface area contributed by atoms with Crippen LogP contribution in [0.5, 0.6) is 0 Å². The molecule has 0 atom stereocenters. The first kappa shape index (κ1) is 16.5. The largest absolute Gasteiger partial charge is 0.417 e. The maximum absolute atomic E-state index is 13.0. The van der Waals surface area contributed by atoms with Crippen molar-refractivity contribution in [2.24, 2.45) is 0 Å². The minimum Gasteiger partial charge on any atom is -0.305 e. The van der Waals surface area contributed by atoms with Crippen LogP contribution in [0.1, 0.15) is 59.6 Å². The van der Waals surface area contributed by atoms with Crippen molar-refractivity contribution in [3.8, 4) is 0 Å². The monoisotopic (exact) mass is 337 g/mol. The van der Waals surface area contributed by atoms with Gasteiger partial charge in [0.2, 0.25) is 0 Å². The molecule has 2 aromatic rings. The standard InChI is InChI=1S/C17H18F3N3O/c18-17(19,20)13-9-5-4-8-12(13)16(24)21-15-10-14(22-23-15)11-6-2-1-3-7-11/h4-5,8-11H,1-3,6-7H2,(H2,21,22,23,24).